The minimum Gasteiger partial charge on any atom is -1.00 e. The van der Waals surface area contributed by atoms with E-state index in [9.17, 15) is 0 Å². The first kappa shape index (κ1) is 14.8. The Morgan fingerprint density at radius 3 is 2.71 bits per heavy atom. The SMILES string of the molecule is CC(C)[C@H]1CCC[C@H]1NC1=[NH+]CCCCC1.[Cl-]. The van der Waals surface area contributed by atoms with Gasteiger partial charge >= 0.3 is 0 Å². The zero-order chi connectivity index (χ0) is 11.4. The van der Waals surface area contributed by atoms with Crippen molar-refractivity contribution in [3.05, 3.63) is 0 Å². The van der Waals surface area contributed by atoms with Crippen LogP contribution >= 0.6 is 0 Å². The molecule has 2 rings (SSSR count). The number of nitrogens with one attached hydrogen (secondary N) is 2. The van der Waals surface area contributed by atoms with Crippen molar-refractivity contribution in [1.29, 1.82) is 0 Å². The molecule has 0 spiro atoms. The number of amidine groups is 1. The Labute approximate surface area is 112 Å². The van der Waals surface area contributed by atoms with Gasteiger partial charge in [0.15, 0.2) is 0 Å². The molecular weight excluding hydrogens is 232 g/mol. The summed E-state index contributed by atoms with van der Waals surface area (Å²) < 4.78 is 0. The van der Waals surface area contributed by atoms with Gasteiger partial charge in [0.25, 0.3) is 0 Å². The van der Waals surface area contributed by atoms with Gasteiger partial charge in [0.2, 0.25) is 5.84 Å². The van der Waals surface area contributed by atoms with E-state index < -0.39 is 0 Å². The maximum Gasteiger partial charge on any atom is 0.242 e. The van der Waals surface area contributed by atoms with E-state index in [0.29, 0.717) is 0 Å². The molecular formula is C14H27ClN2. The van der Waals surface area contributed by atoms with Gasteiger partial charge in [-0.1, -0.05) is 13.8 Å². The maximum atomic E-state index is 3.79. The van der Waals surface area contributed by atoms with Gasteiger partial charge in [-0.05, 0) is 44.4 Å². The van der Waals surface area contributed by atoms with Gasteiger partial charge in [-0.25, -0.2) is 0 Å². The lowest BCUT2D eigenvalue weighted by Crippen LogP contribution is -3.00. The topological polar surface area (TPSA) is 26.0 Å². The fourth-order valence-electron chi connectivity index (χ4n) is 3.24. The van der Waals surface area contributed by atoms with Gasteiger partial charge in [0, 0.05) is 12.3 Å². The van der Waals surface area contributed by atoms with Gasteiger partial charge in [-0.15, -0.1) is 0 Å². The molecule has 2 atom stereocenters. The molecule has 0 aromatic rings. The summed E-state index contributed by atoms with van der Waals surface area (Å²) in [6, 6.07) is 0.737. The number of hydrogen-bond acceptors (Lipinski definition) is 1. The summed E-state index contributed by atoms with van der Waals surface area (Å²) in [7, 11) is 0. The highest BCUT2D eigenvalue weighted by Crippen LogP contribution is 2.31. The molecule has 1 heterocycles. The minimum atomic E-state index is 0. The van der Waals surface area contributed by atoms with E-state index in [2.05, 4.69) is 24.2 Å². The molecule has 0 aromatic carbocycles. The van der Waals surface area contributed by atoms with Crippen LogP contribution in [0.1, 0.15) is 58.8 Å². The van der Waals surface area contributed by atoms with Gasteiger partial charge in [0.05, 0.1) is 12.6 Å². The molecule has 0 unspecified atom stereocenters. The minimum absolute atomic E-state index is 0. The van der Waals surface area contributed by atoms with Crippen LogP contribution in [0.2, 0.25) is 0 Å². The van der Waals surface area contributed by atoms with E-state index >= 15 is 0 Å². The van der Waals surface area contributed by atoms with Gasteiger partial charge in [-0.2, -0.15) is 0 Å². The van der Waals surface area contributed by atoms with Crippen LogP contribution in [0.15, 0.2) is 0 Å². The quantitative estimate of drug-likeness (QED) is 0.617. The lowest BCUT2D eigenvalue weighted by Gasteiger charge is -2.21. The Morgan fingerprint density at radius 1 is 1.12 bits per heavy atom. The Morgan fingerprint density at radius 2 is 1.94 bits per heavy atom. The number of rotatable bonds is 2. The summed E-state index contributed by atoms with van der Waals surface area (Å²) in [4.78, 5) is 3.57. The summed E-state index contributed by atoms with van der Waals surface area (Å²) in [6.45, 7) is 5.91. The first-order valence-electron chi connectivity index (χ1n) is 7.13. The van der Waals surface area contributed by atoms with Crippen LogP contribution in [-0.2, 0) is 0 Å². The van der Waals surface area contributed by atoms with Crippen molar-refractivity contribution in [2.75, 3.05) is 6.54 Å². The second-order valence-electron chi connectivity index (χ2n) is 5.81. The first-order valence-corrected chi connectivity index (χ1v) is 7.13. The third-order valence-electron chi connectivity index (χ3n) is 4.23. The molecule has 3 heteroatoms. The summed E-state index contributed by atoms with van der Waals surface area (Å²) in [5.74, 6) is 3.14. The zero-order valence-electron chi connectivity index (χ0n) is 11.3. The largest absolute Gasteiger partial charge is 1.00 e. The second kappa shape index (κ2) is 7.25. The highest BCUT2D eigenvalue weighted by Gasteiger charge is 2.33. The van der Waals surface area contributed by atoms with E-state index in [4.69, 9.17) is 0 Å². The monoisotopic (exact) mass is 258 g/mol. The van der Waals surface area contributed by atoms with Crippen molar-refractivity contribution < 1.29 is 17.4 Å². The van der Waals surface area contributed by atoms with E-state index in [0.717, 1.165) is 17.9 Å². The summed E-state index contributed by atoms with van der Waals surface area (Å²) in [5, 5.41) is 3.79. The molecule has 0 bridgehead atoms. The van der Waals surface area contributed by atoms with Crippen molar-refractivity contribution in [3.63, 3.8) is 0 Å². The highest BCUT2D eigenvalue weighted by atomic mass is 35.5. The van der Waals surface area contributed by atoms with Crippen molar-refractivity contribution in [1.82, 2.24) is 5.32 Å². The Balaban J connectivity index is 0.00000144. The molecule has 17 heavy (non-hydrogen) atoms. The molecule has 1 aliphatic carbocycles. The van der Waals surface area contributed by atoms with Crippen molar-refractivity contribution >= 4 is 5.84 Å². The Hall–Kier alpha value is -0.240. The average Bonchev–Trinajstić information content (AvgIpc) is 2.55. The molecule has 100 valence electrons. The predicted molar refractivity (Wildman–Crippen MR) is 68.4 cm³/mol. The van der Waals surface area contributed by atoms with Crippen LogP contribution in [0, 0.1) is 11.8 Å². The third kappa shape index (κ3) is 4.17. The lowest BCUT2D eigenvalue weighted by molar-refractivity contribution is -0.460. The third-order valence-corrected chi connectivity index (χ3v) is 4.23. The highest BCUT2D eigenvalue weighted by molar-refractivity contribution is 5.76. The molecule has 1 saturated carbocycles. The second-order valence-corrected chi connectivity index (χ2v) is 5.81. The lowest BCUT2D eigenvalue weighted by atomic mass is 9.91. The van der Waals surface area contributed by atoms with Gasteiger partial charge in [-0.3, -0.25) is 10.3 Å². The molecule has 0 radical (unpaired) electrons. The smallest absolute Gasteiger partial charge is 0.242 e. The zero-order valence-corrected chi connectivity index (χ0v) is 12.0. The number of hydrogen-bond donors (Lipinski definition) is 2. The normalized spacial score (nSPS) is 29.5. The first-order chi connectivity index (χ1) is 7.77. The van der Waals surface area contributed by atoms with Gasteiger partial charge in [0.1, 0.15) is 0 Å². The Kier molecular flexibility index (Phi) is 6.32. The molecule has 1 aliphatic heterocycles. The van der Waals surface area contributed by atoms with Crippen LogP contribution in [0.5, 0.6) is 0 Å². The maximum absolute atomic E-state index is 3.79. The van der Waals surface area contributed by atoms with E-state index in [-0.39, 0.29) is 12.4 Å². The van der Waals surface area contributed by atoms with Crippen LogP contribution in [0.4, 0.5) is 0 Å². The van der Waals surface area contributed by atoms with Crippen molar-refractivity contribution in [2.45, 2.75) is 64.8 Å². The van der Waals surface area contributed by atoms with Crippen LogP contribution in [-0.4, -0.2) is 18.4 Å². The summed E-state index contributed by atoms with van der Waals surface area (Å²) >= 11 is 0. The van der Waals surface area contributed by atoms with Crippen molar-refractivity contribution in [3.8, 4) is 0 Å². The summed E-state index contributed by atoms with van der Waals surface area (Å²) in [6.07, 6.45) is 9.51. The molecule has 2 nitrogen and oxygen atoms in total. The van der Waals surface area contributed by atoms with Gasteiger partial charge < -0.3 is 12.4 Å². The molecule has 0 amide bonds. The molecule has 2 aliphatic rings. The Bertz CT molecular complexity index is 251. The van der Waals surface area contributed by atoms with E-state index in [1.165, 1.54) is 57.3 Å². The number of halogens is 1. The fraction of sp³-hybridized carbons (Fsp3) is 0.929. The molecule has 0 aromatic heterocycles. The summed E-state index contributed by atoms with van der Waals surface area (Å²) in [5.41, 5.74) is 0. The van der Waals surface area contributed by atoms with E-state index in [1.807, 2.05) is 0 Å². The van der Waals surface area contributed by atoms with Crippen LogP contribution in [0.25, 0.3) is 0 Å². The predicted octanol–water partition coefficient (Wildman–Crippen LogP) is -1.54. The van der Waals surface area contributed by atoms with E-state index in [1.54, 1.807) is 0 Å². The van der Waals surface area contributed by atoms with Crippen molar-refractivity contribution in [2.24, 2.45) is 11.8 Å². The fourth-order valence-corrected chi connectivity index (χ4v) is 3.24. The molecule has 0 saturated heterocycles. The van der Waals surface area contributed by atoms with Crippen LogP contribution in [0.3, 0.4) is 0 Å². The van der Waals surface area contributed by atoms with Crippen LogP contribution < -0.4 is 22.7 Å². The molecule has 2 N–H and O–H groups in total. The average molecular weight is 259 g/mol. The molecule has 1 fully saturated rings. The standard InChI is InChI=1S/C14H26N2.ClH/c1-11(2)12-7-6-8-13(12)16-14-9-4-3-5-10-15-14;/h11-13H,3-10H2,1-2H3,(H,15,16);1H/t12-,13-;/m1./s1.